The zero-order chi connectivity index (χ0) is 13.7. The molecule has 0 aliphatic heterocycles. The lowest BCUT2D eigenvalue weighted by atomic mass is 10.2. The van der Waals surface area contributed by atoms with Crippen molar-refractivity contribution in [1.82, 2.24) is 0 Å². The van der Waals surface area contributed by atoms with Gasteiger partial charge in [-0.3, -0.25) is 5.41 Å². The van der Waals surface area contributed by atoms with Crippen LogP contribution in [-0.2, 0) is 6.42 Å². The van der Waals surface area contributed by atoms with Crippen molar-refractivity contribution in [2.24, 2.45) is 5.73 Å². The molecular weight excluding hydrogens is 276 g/mol. The van der Waals surface area contributed by atoms with Crippen molar-refractivity contribution in [3.8, 4) is 5.75 Å². The van der Waals surface area contributed by atoms with Gasteiger partial charge < -0.3 is 10.5 Å². The molecule has 2 aromatic rings. The van der Waals surface area contributed by atoms with Gasteiger partial charge in [-0.05, 0) is 29.8 Å². The molecule has 0 fully saturated rings. The first-order chi connectivity index (χ1) is 9.22. The SMILES string of the molecule is CSc1cccc(OCCc2cccs2)c1C(=N)N. The largest absolute Gasteiger partial charge is 0.492 e. The van der Waals surface area contributed by atoms with Crippen molar-refractivity contribution in [2.45, 2.75) is 11.3 Å². The molecule has 19 heavy (non-hydrogen) atoms. The maximum atomic E-state index is 7.68. The fourth-order valence-corrected chi connectivity index (χ4v) is 3.10. The van der Waals surface area contributed by atoms with E-state index in [1.807, 2.05) is 30.5 Å². The van der Waals surface area contributed by atoms with Gasteiger partial charge in [0.25, 0.3) is 0 Å². The Bertz CT molecular complexity index is 553. The van der Waals surface area contributed by atoms with Gasteiger partial charge in [-0.25, -0.2) is 0 Å². The molecule has 0 radical (unpaired) electrons. The van der Waals surface area contributed by atoms with Gasteiger partial charge in [-0.2, -0.15) is 0 Å². The van der Waals surface area contributed by atoms with Crippen LogP contribution in [0.4, 0.5) is 0 Å². The van der Waals surface area contributed by atoms with Gasteiger partial charge in [0.05, 0.1) is 12.2 Å². The first-order valence-corrected chi connectivity index (χ1v) is 7.99. The van der Waals surface area contributed by atoms with Crippen molar-refractivity contribution >= 4 is 28.9 Å². The number of nitrogens with one attached hydrogen (secondary N) is 1. The topological polar surface area (TPSA) is 59.1 Å². The fourth-order valence-electron chi connectivity index (χ4n) is 1.78. The molecule has 3 nitrogen and oxygen atoms in total. The van der Waals surface area contributed by atoms with E-state index in [0.717, 1.165) is 11.3 Å². The molecule has 5 heteroatoms. The van der Waals surface area contributed by atoms with Crippen LogP contribution in [0.2, 0.25) is 0 Å². The second-order valence-corrected chi connectivity index (χ2v) is 5.81. The molecule has 0 saturated heterocycles. The third-order valence-electron chi connectivity index (χ3n) is 2.66. The summed E-state index contributed by atoms with van der Waals surface area (Å²) in [6, 6.07) is 9.88. The first-order valence-electron chi connectivity index (χ1n) is 5.89. The summed E-state index contributed by atoms with van der Waals surface area (Å²) >= 11 is 3.30. The molecule has 0 atom stereocenters. The number of hydrogen-bond donors (Lipinski definition) is 2. The summed E-state index contributed by atoms with van der Waals surface area (Å²) in [4.78, 5) is 2.27. The third kappa shape index (κ3) is 3.52. The minimum Gasteiger partial charge on any atom is -0.492 e. The molecule has 0 aliphatic carbocycles. The van der Waals surface area contributed by atoms with Gasteiger partial charge in [0.15, 0.2) is 0 Å². The van der Waals surface area contributed by atoms with Crippen LogP contribution in [-0.4, -0.2) is 18.7 Å². The highest BCUT2D eigenvalue weighted by atomic mass is 32.2. The van der Waals surface area contributed by atoms with Crippen LogP contribution in [0.3, 0.4) is 0 Å². The van der Waals surface area contributed by atoms with Crippen LogP contribution in [0, 0.1) is 5.41 Å². The van der Waals surface area contributed by atoms with Gasteiger partial charge in [0.1, 0.15) is 11.6 Å². The van der Waals surface area contributed by atoms with Gasteiger partial charge >= 0.3 is 0 Å². The van der Waals surface area contributed by atoms with E-state index in [4.69, 9.17) is 15.9 Å². The summed E-state index contributed by atoms with van der Waals surface area (Å²) in [7, 11) is 0. The number of rotatable bonds is 6. The highest BCUT2D eigenvalue weighted by Gasteiger charge is 2.11. The fraction of sp³-hybridized carbons (Fsp3) is 0.214. The monoisotopic (exact) mass is 292 g/mol. The van der Waals surface area contributed by atoms with Crippen LogP contribution >= 0.6 is 23.1 Å². The minimum atomic E-state index is 0.0519. The number of hydrogen-bond acceptors (Lipinski definition) is 4. The Balaban J connectivity index is 2.09. The van der Waals surface area contributed by atoms with Crippen molar-refractivity contribution in [1.29, 1.82) is 5.41 Å². The number of nitrogen functional groups attached to an aromatic ring is 1. The predicted molar refractivity (Wildman–Crippen MR) is 82.8 cm³/mol. The summed E-state index contributed by atoms with van der Waals surface area (Å²) < 4.78 is 5.79. The van der Waals surface area contributed by atoms with E-state index in [1.165, 1.54) is 4.88 Å². The van der Waals surface area contributed by atoms with Crippen molar-refractivity contribution in [2.75, 3.05) is 12.9 Å². The molecular formula is C14H16N2OS2. The summed E-state index contributed by atoms with van der Waals surface area (Å²) in [5.74, 6) is 0.743. The van der Waals surface area contributed by atoms with Crippen LogP contribution in [0.5, 0.6) is 5.75 Å². The Kier molecular flexibility index (Phi) is 4.87. The normalized spacial score (nSPS) is 10.4. The van der Waals surface area contributed by atoms with E-state index < -0.39 is 0 Å². The molecule has 1 heterocycles. The Morgan fingerprint density at radius 1 is 1.37 bits per heavy atom. The Morgan fingerprint density at radius 3 is 2.84 bits per heavy atom. The number of benzene rings is 1. The van der Waals surface area contributed by atoms with E-state index in [9.17, 15) is 0 Å². The Labute approximate surface area is 121 Å². The van der Waals surface area contributed by atoms with Crippen LogP contribution in [0.15, 0.2) is 40.6 Å². The number of amidine groups is 1. The summed E-state index contributed by atoms with van der Waals surface area (Å²) in [6.07, 6.45) is 2.84. The lowest BCUT2D eigenvalue weighted by Gasteiger charge is -2.13. The number of nitrogens with two attached hydrogens (primary N) is 1. The van der Waals surface area contributed by atoms with Crippen molar-refractivity contribution in [3.05, 3.63) is 46.2 Å². The Hall–Kier alpha value is -1.46. The third-order valence-corrected chi connectivity index (χ3v) is 4.38. The smallest absolute Gasteiger partial charge is 0.131 e. The summed E-state index contributed by atoms with van der Waals surface area (Å²) in [6.45, 7) is 0.596. The van der Waals surface area contributed by atoms with E-state index in [2.05, 4.69) is 11.4 Å². The summed E-state index contributed by atoms with van der Waals surface area (Å²) in [5.41, 5.74) is 6.34. The molecule has 100 valence electrons. The lowest BCUT2D eigenvalue weighted by Crippen LogP contribution is -2.15. The van der Waals surface area contributed by atoms with Gasteiger partial charge in [0, 0.05) is 16.2 Å². The zero-order valence-corrected chi connectivity index (χ0v) is 12.3. The standard InChI is InChI=1S/C14H16N2OS2/c1-18-12-6-2-5-11(13(12)14(15)16)17-8-7-10-4-3-9-19-10/h2-6,9H,7-8H2,1H3,(H3,15,16). The van der Waals surface area contributed by atoms with Crippen LogP contribution < -0.4 is 10.5 Å². The number of thioether (sulfide) groups is 1. The highest BCUT2D eigenvalue weighted by Crippen LogP contribution is 2.28. The van der Waals surface area contributed by atoms with E-state index in [-0.39, 0.29) is 5.84 Å². The predicted octanol–water partition coefficient (Wildman–Crippen LogP) is 3.38. The van der Waals surface area contributed by atoms with Crippen LogP contribution in [0.25, 0.3) is 0 Å². The lowest BCUT2D eigenvalue weighted by molar-refractivity contribution is 0.321. The average molecular weight is 292 g/mol. The average Bonchev–Trinajstić information content (AvgIpc) is 2.91. The van der Waals surface area contributed by atoms with Crippen molar-refractivity contribution in [3.63, 3.8) is 0 Å². The molecule has 0 unspecified atom stereocenters. The molecule has 0 bridgehead atoms. The maximum Gasteiger partial charge on any atom is 0.131 e. The number of ether oxygens (including phenoxy) is 1. The molecule has 0 saturated carbocycles. The second kappa shape index (κ2) is 6.63. The van der Waals surface area contributed by atoms with E-state index >= 15 is 0 Å². The quantitative estimate of drug-likeness (QED) is 0.487. The molecule has 1 aromatic heterocycles. The molecule has 2 rings (SSSR count). The van der Waals surface area contributed by atoms with Gasteiger partial charge in [-0.15, -0.1) is 23.1 Å². The van der Waals surface area contributed by atoms with Gasteiger partial charge in [0.2, 0.25) is 0 Å². The zero-order valence-electron chi connectivity index (χ0n) is 10.7. The molecule has 1 aromatic carbocycles. The summed E-state index contributed by atoms with van der Waals surface area (Å²) in [5, 5.41) is 9.74. The van der Waals surface area contributed by atoms with E-state index in [0.29, 0.717) is 17.9 Å². The molecule has 0 amide bonds. The maximum absolute atomic E-state index is 7.68. The molecule has 0 spiro atoms. The number of thiophene rings is 1. The first kappa shape index (κ1) is 14.0. The Morgan fingerprint density at radius 2 is 2.21 bits per heavy atom. The van der Waals surface area contributed by atoms with Crippen molar-refractivity contribution < 1.29 is 4.74 Å². The molecule has 0 aliphatic rings. The van der Waals surface area contributed by atoms with Crippen LogP contribution in [0.1, 0.15) is 10.4 Å². The minimum absolute atomic E-state index is 0.0519. The molecule has 3 N–H and O–H groups in total. The van der Waals surface area contributed by atoms with E-state index in [1.54, 1.807) is 23.1 Å². The second-order valence-electron chi connectivity index (χ2n) is 3.92. The highest BCUT2D eigenvalue weighted by molar-refractivity contribution is 7.98. The van der Waals surface area contributed by atoms with Gasteiger partial charge in [-0.1, -0.05) is 12.1 Å².